The summed E-state index contributed by atoms with van der Waals surface area (Å²) in [6, 6.07) is 32.1. The molecule has 0 fully saturated rings. The summed E-state index contributed by atoms with van der Waals surface area (Å²) < 4.78 is 0. The molecule has 0 spiro atoms. The highest BCUT2D eigenvalue weighted by Crippen LogP contribution is 2.33. The Morgan fingerprint density at radius 2 is 1.19 bits per heavy atom. The number of hydrogen-bond donors (Lipinski definition) is 0. The second kappa shape index (κ2) is 8.26. The predicted octanol–water partition coefficient (Wildman–Crippen LogP) is 5.61. The molecule has 0 bridgehead atoms. The van der Waals surface area contributed by atoms with Crippen molar-refractivity contribution in [3.63, 3.8) is 0 Å². The van der Waals surface area contributed by atoms with Crippen molar-refractivity contribution in [2.75, 3.05) is 5.88 Å². The summed E-state index contributed by atoms with van der Waals surface area (Å²) in [6.45, 7) is 1.78. The maximum atomic E-state index is 2.45. The molecule has 0 aromatic heterocycles. The molecule has 2 nitrogen and oxygen atoms in total. The lowest BCUT2D eigenvalue weighted by Crippen LogP contribution is -2.38. The van der Waals surface area contributed by atoms with Gasteiger partial charge in [-0.1, -0.05) is 91.0 Å². The first-order valence-electron chi connectivity index (χ1n) is 8.87. The Balaban J connectivity index is 1.62. The molecule has 4 rings (SSSR count). The highest BCUT2D eigenvalue weighted by atomic mass is 32.2. The SMILES string of the molecule is C1=C(c2ccccc2)N(N(Cc2ccccc2)Cc2ccccc2)CS1. The molecule has 0 amide bonds. The molecule has 0 radical (unpaired) electrons. The van der Waals surface area contributed by atoms with E-state index in [0.29, 0.717) is 0 Å². The third-order valence-electron chi connectivity index (χ3n) is 4.50. The summed E-state index contributed by atoms with van der Waals surface area (Å²) in [5.74, 6) is 0.948. The number of rotatable bonds is 6. The Kier molecular flexibility index (Phi) is 5.38. The van der Waals surface area contributed by atoms with Gasteiger partial charge in [0.2, 0.25) is 0 Å². The van der Waals surface area contributed by atoms with Crippen molar-refractivity contribution in [1.29, 1.82) is 0 Å². The van der Waals surface area contributed by atoms with Gasteiger partial charge in [-0.25, -0.2) is 5.01 Å². The van der Waals surface area contributed by atoms with E-state index < -0.39 is 0 Å². The smallest absolute Gasteiger partial charge is 0.0843 e. The Morgan fingerprint density at radius 1 is 0.692 bits per heavy atom. The minimum atomic E-state index is 0.889. The van der Waals surface area contributed by atoms with E-state index >= 15 is 0 Å². The molecule has 1 heterocycles. The van der Waals surface area contributed by atoms with Crippen molar-refractivity contribution >= 4 is 17.5 Å². The van der Waals surface area contributed by atoms with Gasteiger partial charge < -0.3 is 0 Å². The minimum Gasteiger partial charge on any atom is -0.294 e. The normalized spacial score (nSPS) is 13.9. The van der Waals surface area contributed by atoms with Crippen LogP contribution in [0.25, 0.3) is 5.70 Å². The maximum absolute atomic E-state index is 2.45. The molecule has 0 saturated carbocycles. The van der Waals surface area contributed by atoms with Gasteiger partial charge in [0.1, 0.15) is 0 Å². The van der Waals surface area contributed by atoms with Crippen LogP contribution in [0.3, 0.4) is 0 Å². The molecule has 0 N–H and O–H groups in total. The van der Waals surface area contributed by atoms with Gasteiger partial charge in [-0.05, 0) is 22.1 Å². The van der Waals surface area contributed by atoms with Gasteiger partial charge in [0.25, 0.3) is 0 Å². The fourth-order valence-electron chi connectivity index (χ4n) is 3.19. The second-order valence-corrected chi connectivity index (χ2v) is 7.19. The molecule has 26 heavy (non-hydrogen) atoms. The summed E-state index contributed by atoms with van der Waals surface area (Å²) in [7, 11) is 0. The minimum absolute atomic E-state index is 0.889. The van der Waals surface area contributed by atoms with Gasteiger partial charge >= 0.3 is 0 Å². The first-order chi connectivity index (χ1) is 12.9. The fraction of sp³-hybridized carbons (Fsp3) is 0.130. The van der Waals surface area contributed by atoms with Gasteiger partial charge in [-0.3, -0.25) is 5.01 Å². The van der Waals surface area contributed by atoms with Crippen molar-refractivity contribution in [3.8, 4) is 0 Å². The molecular formula is C23H22N2S. The Labute approximate surface area is 159 Å². The van der Waals surface area contributed by atoms with Crippen LogP contribution in [-0.4, -0.2) is 15.9 Å². The van der Waals surface area contributed by atoms with Crippen LogP contribution in [0.1, 0.15) is 16.7 Å². The summed E-state index contributed by atoms with van der Waals surface area (Å²) in [4.78, 5) is 0. The van der Waals surface area contributed by atoms with Crippen molar-refractivity contribution in [2.24, 2.45) is 0 Å². The summed E-state index contributed by atoms with van der Waals surface area (Å²) >= 11 is 1.86. The van der Waals surface area contributed by atoms with E-state index in [-0.39, 0.29) is 0 Å². The topological polar surface area (TPSA) is 6.48 Å². The molecule has 3 aromatic carbocycles. The van der Waals surface area contributed by atoms with E-state index in [1.54, 1.807) is 0 Å². The quantitative estimate of drug-likeness (QED) is 0.565. The van der Waals surface area contributed by atoms with E-state index in [4.69, 9.17) is 0 Å². The first kappa shape index (κ1) is 17.0. The van der Waals surface area contributed by atoms with Crippen LogP contribution >= 0.6 is 11.8 Å². The van der Waals surface area contributed by atoms with E-state index in [9.17, 15) is 0 Å². The van der Waals surface area contributed by atoms with Crippen molar-refractivity contribution in [2.45, 2.75) is 13.1 Å². The highest BCUT2D eigenvalue weighted by Gasteiger charge is 2.24. The van der Waals surface area contributed by atoms with Crippen LogP contribution in [0.15, 0.2) is 96.4 Å². The third-order valence-corrected chi connectivity index (χ3v) is 5.28. The van der Waals surface area contributed by atoms with Gasteiger partial charge in [0.05, 0.1) is 11.6 Å². The lowest BCUT2D eigenvalue weighted by Gasteiger charge is -2.35. The standard InChI is InChI=1S/C23H22N2S/c1-4-10-20(11-5-1)16-24(17-21-12-6-2-7-13-21)25-19-26-18-23(25)22-14-8-3-9-15-22/h1-15,18H,16-17,19H2. The van der Waals surface area contributed by atoms with Crippen LogP contribution in [0.2, 0.25) is 0 Å². The average molecular weight is 359 g/mol. The van der Waals surface area contributed by atoms with E-state index in [0.717, 1.165) is 19.0 Å². The zero-order valence-electron chi connectivity index (χ0n) is 14.7. The van der Waals surface area contributed by atoms with Gasteiger partial charge in [-0.15, -0.1) is 11.8 Å². The Bertz CT molecular complexity index is 806. The zero-order valence-corrected chi connectivity index (χ0v) is 15.5. The molecule has 130 valence electrons. The number of nitrogens with zero attached hydrogens (tertiary/aromatic N) is 2. The molecule has 0 unspecified atom stereocenters. The monoisotopic (exact) mass is 358 g/mol. The van der Waals surface area contributed by atoms with Gasteiger partial charge in [0.15, 0.2) is 0 Å². The number of benzene rings is 3. The first-order valence-corrected chi connectivity index (χ1v) is 9.92. The molecule has 0 atom stereocenters. The van der Waals surface area contributed by atoms with E-state index in [1.165, 1.54) is 22.4 Å². The molecule has 1 aliphatic heterocycles. The van der Waals surface area contributed by atoms with Crippen molar-refractivity contribution < 1.29 is 0 Å². The lowest BCUT2D eigenvalue weighted by atomic mass is 10.1. The summed E-state index contributed by atoms with van der Waals surface area (Å²) in [6.07, 6.45) is 0. The average Bonchev–Trinajstić information content (AvgIpc) is 3.20. The lowest BCUT2D eigenvalue weighted by molar-refractivity contribution is 0.0358. The molecule has 0 aliphatic carbocycles. The number of thioether (sulfide) groups is 1. The highest BCUT2D eigenvalue weighted by molar-refractivity contribution is 8.02. The maximum Gasteiger partial charge on any atom is 0.0843 e. The molecular weight excluding hydrogens is 336 g/mol. The zero-order chi connectivity index (χ0) is 17.6. The predicted molar refractivity (Wildman–Crippen MR) is 111 cm³/mol. The number of hydrazine groups is 1. The van der Waals surface area contributed by atoms with Crippen LogP contribution in [0, 0.1) is 0 Å². The molecule has 3 heteroatoms. The van der Waals surface area contributed by atoms with Crippen molar-refractivity contribution in [1.82, 2.24) is 10.0 Å². The Hall–Kier alpha value is -2.49. The summed E-state index contributed by atoms with van der Waals surface area (Å²) in [5, 5.41) is 7.14. The van der Waals surface area contributed by atoms with E-state index in [1.807, 2.05) is 11.8 Å². The Morgan fingerprint density at radius 3 is 1.73 bits per heavy atom. The van der Waals surface area contributed by atoms with Crippen LogP contribution < -0.4 is 0 Å². The fourth-order valence-corrected chi connectivity index (χ4v) is 4.13. The summed E-state index contributed by atoms with van der Waals surface area (Å²) in [5.41, 5.74) is 5.20. The van der Waals surface area contributed by atoms with Crippen LogP contribution in [0.5, 0.6) is 0 Å². The van der Waals surface area contributed by atoms with Crippen molar-refractivity contribution in [3.05, 3.63) is 113 Å². The van der Waals surface area contributed by atoms with Crippen LogP contribution in [-0.2, 0) is 13.1 Å². The molecule has 0 saturated heterocycles. The van der Waals surface area contributed by atoms with E-state index in [2.05, 4.69) is 106 Å². The molecule has 3 aromatic rings. The third kappa shape index (κ3) is 4.01. The van der Waals surface area contributed by atoms with Gasteiger partial charge in [0, 0.05) is 13.1 Å². The van der Waals surface area contributed by atoms with Gasteiger partial charge in [-0.2, -0.15) is 0 Å². The molecule has 1 aliphatic rings. The largest absolute Gasteiger partial charge is 0.294 e. The second-order valence-electron chi connectivity index (χ2n) is 6.36. The number of hydrogen-bond acceptors (Lipinski definition) is 3. The van der Waals surface area contributed by atoms with Crippen LogP contribution in [0.4, 0.5) is 0 Å².